The van der Waals surface area contributed by atoms with Crippen LogP contribution in [-0.4, -0.2) is 6.29 Å². The van der Waals surface area contributed by atoms with Crippen molar-refractivity contribution in [2.24, 2.45) is 0 Å². The highest BCUT2D eigenvalue weighted by atomic mass is 19.1. The van der Waals surface area contributed by atoms with Crippen molar-refractivity contribution in [2.45, 2.75) is 40.0 Å². The zero-order valence-corrected chi connectivity index (χ0v) is 12.9. The monoisotopic (exact) mass is 284 g/mol. The molecule has 0 saturated carbocycles. The second-order valence-electron chi connectivity index (χ2n) is 5.21. The van der Waals surface area contributed by atoms with Gasteiger partial charge in [-0.2, -0.15) is 0 Å². The zero-order chi connectivity index (χ0) is 15.4. The molecule has 0 unspecified atom stereocenters. The van der Waals surface area contributed by atoms with E-state index in [1.807, 2.05) is 0 Å². The number of benzene rings is 2. The molecule has 0 heterocycles. The van der Waals surface area contributed by atoms with E-state index in [1.54, 1.807) is 6.07 Å². The van der Waals surface area contributed by atoms with Crippen molar-refractivity contribution in [3.63, 3.8) is 0 Å². The van der Waals surface area contributed by atoms with Crippen molar-refractivity contribution in [1.82, 2.24) is 0 Å². The molecule has 2 heteroatoms. The molecule has 0 spiro atoms. The van der Waals surface area contributed by atoms with Crippen molar-refractivity contribution in [1.29, 1.82) is 0 Å². The summed E-state index contributed by atoms with van der Waals surface area (Å²) in [4.78, 5) is 11.0. The zero-order valence-electron chi connectivity index (χ0n) is 12.9. The number of aryl methyl sites for hydroxylation is 3. The van der Waals surface area contributed by atoms with Crippen molar-refractivity contribution in [3.8, 4) is 11.1 Å². The molecule has 0 radical (unpaired) electrons. The maximum Gasteiger partial charge on any atom is 0.150 e. The molecule has 110 valence electrons. The molecule has 2 aromatic carbocycles. The van der Waals surface area contributed by atoms with Gasteiger partial charge in [-0.15, -0.1) is 0 Å². The third-order valence-corrected chi connectivity index (χ3v) is 3.93. The van der Waals surface area contributed by atoms with Gasteiger partial charge in [0.05, 0.1) is 0 Å². The van der Waals surface area contributed by atoms with Gasteiger partial charge < -0.3 is 0 Å². The molecule has 0 aromatic heterocycles. The highest BCUT2D eigenvalue weighted by molar-refractivity contribution is 5.81. The van der Waals surface area contributed by atoms with Gasteiger partial charge in [0.25, 0.3) is 0 Å². The molecule has 0 N–H and O–H groups in total. The van der Waals surface area contributed by atoms with E-state index in [4.69, 9.17) is 0 Å². The van der Waals surface area contributed by atoms with Gasteiger partial charge in [0, 0.05) is 11.1 Å². The van der Waals surface area contributed by atoms with Crippen LogP contribution in [0.25, 0.3) is 11.1 Å². The fourth-order valence-electron chi connectivity index (χ4n) is 2.76. The lowest BCUT2D eigenvalue weighted by Crippen LogP contribution is -2.00. The fourth-order valence-corrected chi connectivity index (χ4v) is 2.76. The first-order valence-electron chi connectivity index (χ1n) is 7.54. The molecule has 0 aliphatic carbocycles. The summed E-state index contributed by atoms with van der Waals surface area (Å²) < 4.78 is 14.3. The highest BCUT2D eigenvalue weighted by Gasteiger charge is 2.15. The van der Waals surface area contributed by atoms with Gasteiger partial charge in [0.2, 0.25) is 0 Å². The SMILES string of the molecule is CCc1cc(CC)c(-c2cc(C=O)ccc2F)c(CC)c1. The van der Waals surface area contributed by atoms with Crippen LogP contribution >= 0.6 is 0 Å². The topological polar surface area (TPSA) is 17.1 Å². The van der Waals surface area contributed by atoms with Crippen LogP contribution in [0.2, 0.25) is 0 Å². The number of carbonyl (C=O) groups excluding carboxylic acids is 1. The Hall–Kier alpha value is -1.96. The lowest BCUT2D eigenvalue weighted by molar-refractivity contribution is 0.112. The number of hydrogen-bond acceptors (Lipinski definition) is 1. The second-order valence-corrected chi connectivity index (χ2v) is 5.21. The van der Waals surface area contributed by atoms with Crippen molar-refractivity contribution in [3.05, 3.63) is 58.4 Å². The molecule has 0 aliphatic rings. The minimum absolute atomic E-state index is 0.269. The van der Waals surface area contributed by atoms with Crippen LogP contribution in [0, 0.1) is 5.82 Å². The molecule has 0 atom stereocenters. The molecule has 0 saturated heterocycles. The molecular formula is C19H21FO. The summed E-state index contributed by atoms with van der Waals surface area (Å²) >= 11 is 0. The summed E-state index contributed by atoms with van der Waals surface area (Å²) in [5.41, 5.74) is 5.57. The molecule has 21 heavy (non-hydrogen) atoms. The van der Waals surface area contributed by atoms with E-state index in [9.17, 15) is 9.18 Å². The van der Waals surface area contributed by atoms with Gasteiger partial charge in [-0.1, -0.05) is 32.9 Å². The lowest BCUT2D eigenvalue weighted by Gasteiger charge is -2.17. The molecule has 0 amide bonds. The van der Waals surface area contributed by atoms with E-state index >= 15 is 0 Å². The Balaban J connectivity index is 2.75. The summed E-state index contributed by atoms with van der Waals surface area (Å²) in [6.07, 6.45) is 3.43. The van der Waals surface area contributed by atoms with Crippen LogP contribution < -0.4 is 0 Å². The average Bonchev–Trinajstić information content (AvgIpc) is 2.54. The Labute approximate surface area is 125 Å². The Morgan fingerprint density at radius 1 is 0.952 bits per heavy atom. The summed E-state index contributed by atoms with van der Waals surface area (Å²) in [6.45, 7) is 6.29. The van der Waals surface area contributed by atoms with E-state index in [1.165, 1.54) is 17.7 Å². The van der Waals surface area contributed by atoms with Crippen molar-refractivity contribution >= 4 is 6.29 Å². The number of carbonyl (C=O) groups is 1. The predicted molar refractivity (Wildman–Crippen MR) is 85.4 cm³/mol. The number of hydrogen-bond donors (Lipinski definition) is 0. The van der Waals surface area contributed by atoms with E-state index in [0.29, 0.717) is 11.1 Å². The smallest absolute Gasteiger partial charge is 0.150 e. The maximum atomic E-state index is 14.3. The maximum absolute atomic E-state index is 14.3. The van der Waals surface area contributed by atoms with Crippen molar-refractivity contribution < 1.29 is 9.18 Å². The molecule has 0 fully saturated rings. The van der Waals surface area contributed by atoms with Gasteiger partial charge in [-0.3, -0.25) is 4.79 Å². The van der Waals surface area contributed by atoms with E-state index in [2.05, 4.69) is 32.9 Å². The van der Waals surface area contributed by atoms with Crippen LogP contribution in [0.4, 0.5) is 4.39 Å². The van der Waals surface area contributed by atoms with Gasteiger partial charge in [-0.25, -0.2) is 4.39 Å². The quantitative estimate of drug-likeness (QED) is 0.707. The van der Waals surface area contributed by atoms with Crippen LogP contribution in [0.3, 0.4) is 0 Å². The van der Waals surface area contributed by atoms with Gasteiger partial charge >= 0.3 is 0 Å². The summed E-state index contributed by atoms with van der Waals surface area (Å²) in [5, 5.41) is 0. The first-order valence-corrected chi connectivity index (χ1v) is 7.54. The number of aldehydes is 1. The Bertz CT molecular complexity index is 634. The number of rotatable bonds is 5. The Morgan fingerprint density at radius 2 is 1.57 bits per heavy atom. The highest BCUT2D eigenvalue weighted by Crippen LogP contribution is 2.32. The largest absolute Gasteiger partial charge is 0.298 e. The van der Waals surface area contributed by atoms with E-state index < -0.39 is 0 Å². The third kappa shape index (κ3) is 3.05. The molecule has 2 rings (SSSR count). The lowest BCUT2D eigenvalue weighted by atomic mass is 9.88. The fraction of sp³-hybridized carbons (Fsp3) is 0.316. The number of halogens is 1. The Morgan fingerprint density at radius 3 is 2.05 bits per heavy atom. The van der Waals surface area contributed by atoms with Crippen LogP contribution in [-0.2, 0) is 19.3 Å². The Kier molecular flexibility index (Phi) is 4.89. The minimum Gasteiger partial charge on any atom is -0.298 e. The second kappa shape index (κ2) is 6.66. The predicted octanol–water partition coefficient (Wildman–Crippen LogP) is 4.99. The third-order valence-electron chi connectivity index (χ3n) is 3.93. The van der Waals surface area contributed by atoms with E-state index in [-0.39, 0.29) is 5.82 Å². The van der Waals surface area contributed by atoms with Gasteiger partial charge in [0.15, 0.2) is 0 Å². The van der Waals surface area contributed by atoms with Crippen molar-refractivity contribution in [2.75, 3.05) is 0 Å². The minimum atomic E-state index is -0.269. The average molecular weight is 284 g/mol. The molecular weight excluding hydrogens is 263 g/mol. The summed E-state index contributed by atoms with van der Waals surface area (Å²) in [5.74, 6) is -0.269. The summed E-state index contributed by atoms with van der Waals surface area (Å²) in [6, 6.07) is 8.86. The molecule has 0 aliphatic heterocycles. The van der Waals surface area contributed by atoms with Gasteiger partial charge in [-0.05, 0) is 59.7 Å². The summed E-state index contributed by atoms with van der Waals surface area (Å²) in [7, 11) is 0. The standard InChI is InChI=1S/C19H21FO/c1-4-13-9-15(5-2)19(16(6-3)10-13)17-11-14(12-21)7-8-18(17)20/h7-12H,4-6H2,1-3H3. The molecule has 1 nitrogen and oxygen atoms in total. The van der Waals surface area contributed by atoms with Crippen LogP contribution in [0.15, 0.2) is 30.3 Å². The molecule has 2 aromatic rings. The first-order chi connectivity index (χ1) is 10.1. The first kappa shape index (κ1) is 15.4. The van der Waals surface area contributed by atoms with Crippen LogP contribution in [0.5, 0.6) is 0 Å². The molecule has 0 bridgehead atoms. The van der Waals surface area contributed by atoms with Crippen LogP contribution in [0.1, 0.15) is 47.8 Å². The van der Waals surface area contributed by atoms with E-state index in [0.717, 1.165) is 42.2 Å². The van der Waals surface area contributed by atoms with Gasteiger partial charge in [0.1, 0.15) is 12.1 Å². The normalized spacial score (nSPS) is 10.7.